The first-order chi connectivity index (χ1) is 7.58. The van der Waals surface area contributed by atoms with Gasteiger partial charge in [0.05, 0.1) is 4.92 Å². The van der Waals surface area contributed by atoms with E-state index in [4.69, 9.17) is 0 Å². The Morgan fingerprint density at radius 3 is 2.75 bits per heavy atom. The van der Waals surface area contributed by atoms with Crippen molar-refractivity contribution in [2.24, 2.45) is 5.92 Å². The molecule has 16 heavy (non-hydrogen) atoms. The van der Waals surface area contributed by atoms with Crippen molar-refractivity contribution in [2.45, 2.75) is 32.7 Å². The summed E-state index contributed by atoms with van der Waals surface area (Å²) in [5.41, 5.74) is 1.74. The average Bonchev–Trinajstić information content (AvgIpc) is 3.03. The minimum absolute atomic E-state index is 0.188. The van der Waals surface area contributed by atoms with Gasteiger partial charge in [-0.3, -0.25) is 10.1 Å². The molecule has 0 aliphatic heterocycles. The highest BCUT2D eigenvalue weighted by molar-refractivity contribution is 5.55. The first-order valence-electron chi connectivity index (χ1n) is 5.59. The maximum atomic E-state index is 10.8. The third-order valence-electron chi connectivity index (χ3n) is 3.13. The van der Waals surface area contributed by atoms with Gasteiger partial charge in [0.15, 0.2) is 0 Å². The number of nitro benzene ring substituents is 1. The van der Waals surface area contributed by atoms with Gasteiger partial charge in [0.2, 0.25) is 0 Å². The maximum absolute atomic E-state index is 10.8. The molecule has 0 spiro atoms. The third-order valence-corrected chi connectivity index (χ3v) is 3.13. The summed E-state index contributed by atoms with van der Waals surface area (Å²) in [4.78, 5) is 10.5. The van der Waals surface area contributed by atoms with Gasteiger partial charge in [0, 0.05) is 23.4 Å². The molecule has 4 heteroatoms. The highest BCUT2D eigenvalue weighted by Crippen LogP contribution is 2.34. The summed E-state index contributed by atoms with van der Waals surface area (Å²) in [7, 11) is 0. The Morgan fingerprint density at radius 1 is 1.50 bits per heavy atom. The first kappa shape index (κ1) is 10.9. The van der Waals surface area contributed by atoms with Crippen LogP contribution in [0.5, 0.6) is 0 Å². The number of anilines is 1. The van der Waals surface area contributed by atoms with Crippen molar-refractivity contribution in [3.8, 4) is 0 Å². The third kappa shape index (κ3) is 2.32. The molecule has 1 aromatic carbocycles. The van der Waals surface area contributed by atoms with E-state index in [1.807, 2.05) is 6.07 Å². The summed E-state index contributed by atoms with van der Waals surface area (Å²) in [6.07, 6.45) is 2.53. The summed E-state index contributed by atoms with van der Waals surface area (Å²) in [6.45, 7) is 3.88. The maximum Gasteiger partial charge on any atom is 0.274 e. The van der Waals surface area contributed by atoms with Crippen LogP contribution in [0.25, 0.3) is 0 Å². The molecule has 1 aliphatic rings. The van der Waals surface area contributed by atoms with Gasteiger partial charge < -0.3 is 5.32 Å². The smallest absolute Gasteiger partial charge is 0.274 e. The van der Waals surface area contributed by atoms with E-state index >= 15 is 0 Å². The molecule has 4 nitrogen and oxygen atoms in total. The number of hydrogen-bond donors (Lipinski definition) is 1. The molecule has 1 N–H and O–H groups in total. The number of benzene rings is 1. The first-order valence-corrected chi connectivity index (χ1v) is 5.59. The lowest BCUT2D eigenvalue weighted by molar-refractivity contribution is -0.385. The molecule has 0 aromatic heterocycles. The summed E-state index contributed by atoms with van der Waals surface area (Å²) >= 11 is 0. The Morgan fingerprint density at radius 2 is 2.19 bits per heavy atom. The molecule has 1 saturated carbocycles. The SMILES string of the molecule is Cc1ccc(NC(C)C2CC2)cc1[N+](=O)[O-]. The second-order valence-electron chi connectivity index (χ2n) is 4.53. The van der Waals surface area contributed by atoms with E-state index in [1.165, 1.54) is 12.8 Å². The van der Waals surface area contributed by atoms with Gasteiger partial charge in [-0.25, -0.2) is 0 Å². The molecule has 1 aromatic rings. The quantitative estimate of drug-likeness (QED) is 0.626. The van der Waals surface area contributed by atoms with Crippen molar-refractivity contribution >= 4 is 11.4 Å². The fourth-order valence-corrected chi connectivity index (χ4v) is 1.87. The number of rotatable bonds is 4. The Kier molecular flexibility index (Phi) is 2.81. The minimum atomic E-state index is -0.331. The molecule has 0 bridgehead atoms. The fraction of sp³-hybridized carbons (Fsp3) is 0.500. The molecule has 0 heterocycles. The summed E-state index contributed by atoms with van der Waals surface area (Å²) in [5.74, 6) is 0.736. The molecule has 1 unspecified atom stereocenters. The van der Waals surface area contributed by atoms with Crippen LogP contribution in [-0.2, 0) is 0 Å². The van der Waals surface area contributed by atoms with Crippen LogP contribution in [0.2, 0.25) is 0 Å². The highest BCUT2D eigenvalue weighted by atomic mass is 16.6. The van der Waals surface area contributed by atoms with Gasteiger partial charge in [-0.1, -0.05) is 6.07 Å². The molecule has 86 valence electrons. The monoisotopic (exact) mass is 220 g/mol. The van der Waals surface area contributed by atoms with Crippen LogP contribution in [-0.4, -0.2) is 11.0 Å². The molecule has 0 radical (unpaired) electrons. The van der Waals surface area contributed by atoms with Gasteiger partial charge in [0.25, 0.3) is 5.69 Å². The Labute approximate surface area is 94.8 Å². The van der Waals surface area contributed by atoms with Crippen molar-refractivity contribution in [3.63, 3.8) is 0 Å². The molecular formula is C12H16N2O2. The van der Waals surface area contributed by atoms with Crippen LogP contribution < -0.4 is 5.32 Å². The van der Waals surface area contributed by atoms with E-state index in [0.717, 1.165) is 11.6 Å². The Balaban J connectivity index is 2.15. The van der Waals surface area contributed by atoms with E-state index in [-0.39, 0.29) is 10.6 Å². The molecule has 1 aliphatic carbocycles. The number of nitro groups is 1. The van der Waals surface area contributed by atoms with Crippen molar-refractivity contribution in [1.82, 2.24) is 0 Å². The zero-order valence-corrected chi connectivity index (χ0v) is 9.56. The van der Waals surface area contributed by atoms with Crippen LogP contribution in [0, 0.1) is 23.0 Å². The topological polar surface area (TPSA) is 55.2 Å². The molecule has 0 saturated heterocycles. The van der Waals surface area contributed by atoms with Crippen molar-refractivity contribution in [2.75, 3.05) is 5.32 Å². The van der Waals surface area contributed by atoms with Crippen LogP contribution in [0.4, 0.5) is 11.4 Å². The van der Waals surface area contributed by atoms with Crippen LogP contribution in [0.1, 0.15) is 25.3 Å². The van der Waals surface area contributed by atoms with Gasteiger partial charge in [-0.15, -0.1) is 0 Å². The predicted octanol–water partition coefficient (Wildman–Crippen LogP) is 3.11. The largest absolute Gasteiger partial charge is 0.382 e. The lowest BCUT2D eigenvalue weighted by Crippen LogP contribution is -2.17. The summed E-state index contributed by atoms with van der Waals surface area (Å²) in [6, 6.07) is 5.72. The molecule has 1 fully saturated rings. The zero-order valence-electron chi connectivity index (χ0n) is 9.56. The molecular weight excluding hydrogens is 204 g/mol. The van der Waals surface area contributed by atoms with E-state index in [1.54, 1.807) is 19.1 Å². The van der Waals surface area contributed by atoms with E-state index in [2.05, 4.69) is 12.2 Å². The predicted molar refractivity (Wildman–Crippen MR) is 63.6 cm³/mol. The van der Waals surface area contributed by atoms with Crippen molar-refractivity contribution < 1.29 is 4.92 Å². The Hall–Kier alpha value is -1.58. The Bertz CT molecular complexity index is 413. The standard InChI is InChI=1S/C12H16N2O2/c1-8-3-6-11(7-12(8)14(15)16)13-9(2)10-4-5-10/h3,6-7,9-10,13H,4-5H2,1-2H3. The molecule has 1 atom stereocenters. The van der Waals surface area contributed by atoms with E-state index in [0.29, 0.717) is 11.6 Å². The zero-order chi connectivity index (χ0) is 11.7. The van der Waals surface area contributed by atoms with Crippen molar-refractivity contribution in [3.05, 3.63) is 33.9 Å². The van der Waals surface area contributed by atoms with Gasteiger partial charge in [-0.05, 0) is 38.7 Å². The normalized spacial score (nSPS) is 16.9. The number of hydrogen-bond acceptors (Lipinski definition) is 3. The average molecular weight is 220 g/mol. The van der Waals surface area contributed by atoms with Crippen LogP contribution >= 0.6 is 0 Å². The number of aryl methyl sites for hydroxylation is 1. The second kappa shape index (κ2) is 4.12. The van der Waals surface area contributed by atoms with Crippen molar-refractivity contribution in [1.29, 1.82) is 0 Å². The lowest BCUT2D eigenvalue weighted by Gasteiger charge is -2.14. The highest BCUT2D eigenvalue weighted by Gasteiger charge is 2.28. The second-order valence-corrected chi connectivity index (χ2v) is 4.53. The van der Waals surface area contributed by atoms with E-state index < -0.39 is 0 Å². The van der Waals surface area contributed by atoms with Gasteiger partial charge in [-0.2, -0.15) is 0 Å². The minimum Gasteiger partial charge on any atom is -0.382 e. The van der Waals surface area contributed by atoms with Crippen LogP contribution in [0.3, 0.4) is 0 Å². The van der Waals surface area contributed by atoms with Crippen LogP contribution in [0.15, 0.2) is 18.2 Å². The fourth-order valence-electron chi connectivity index (χ4n) is 1.87. The number of nitrogens with zero attached hydrogens (tertiary/aromatic N) is 1. The van der Waals surface area contributed by atoms with Gasteiger partial charge in [0.1, 0.15) is 0 Å². The summed E-state index contributed by atoms with van der Waals surface area (Å²) < 4.78 is 0. The summed E-state index contributed by atoms with van der Waals surface area (Å²) in [5, 5.41) is 14.1. The molecule has 0 amide bonds. The molecule has 2 rings (SSSR count). The van der Waals surface area contributed by atoms with E-state index in [9.17, 15) is 10.1 Å². The lowest BCUT2D eigenvalue weighted by atomic mass is 10.1. The number of nitrogens with one attached hydrogen (secondary N) is 1. The van der Waals surface area contributed by atoms with Gasteiger partial charge >= 0.3 is 0 Å².